The second-order valence-corrected chi connectivity index (χ2v) is 9.13. The Morgan fingerprint density at radius 2 is 1.75 bits per heavy atom. The van der Waals surface area contributed by atoms with Gasteiger partial charge in [-0.1, -0.05) is 43.1 Å². The first-order valence-corrected chi connectivity index (χ1v) is 11.3. The van der Waals surface area contributed by atoms with E-state index in [1.165, 1.54) is 0 Å². The third-order valence-electron chi connectivity index (χ3n) is 5.93. The van der Waals surface area contributed by atoms with Crippen LogP contribution >= 0.6 is 23.2 Å². The highest BCUT2D eigenvalue weighted by atomic mass is 35.5. The number of urea groups is 1. The number of halogens is 2. The lowest BCUT2D eigenvalue weighted by Gasteiger charge is -2.33. The minimum absolute atomic E-state index is 0.104. The number of imide groups is 1. The van der Waals surface area contributed by atoms with Crippen molar-refractivity contribution in [3.63, 3.8) is 0 Å². The van der Waals surface area contributed by atoms with Gasteiger partial charge in [0, 0.05) is 0 Å². The molecule has 0 radical (unpaired) electrons. The third-order valence-corrected chi connectivity index (χ3v) is 6.56. The zero-order valence-corrected chi connectivity index (χ0v) is 19.6. The number of benzene rings is 1. The Kier molecular flexibility index (Phi) is 7.63. The molecule has 3 N–H and O–H groups in total. The fraction of sp³-hybridized carbons (Fsp3) is 0.524. The number of nitrogens with zero attached hydrogens (tertiary/aromatic N) is 2. The summed E-state index contributed by atoms with van der Waals surface area (Å²) in [6, 6.07) is 4.24. The molecular weight excluding hydrogens is 457 g/mol. The highest BCUT2D eigenvalue weighted by Crippen LogP contribution is 2.35. The van der Waals surface area contributed by atoms with Gasteiger partial charge in [0.1, 0.15) is 5.54 Å². The summed E-state index contributed by atoms with van der Waals surface area (Å²) >= 11 is 12.1. The van der Waals surface area contributed by atoms with Crippen molar-refractivity contribution < 1.29 is 19.2 Å². The van der Waals surface area contributed by atoms with Crippen LogP contribution in [0.25, 0.3) is 0 Å². The molecule has 5 amide bonds. The molecule has 9 nitrogen and oxygen atoms in total. The molecule has 1 saturated carbocycles. The lowest BCUT2D eigenvalue weighted by atomic mass is 9.77. The summed E-state index contributed by atoms with van der Waals surface area (Å²) in [5.74, 6) is -0.907. The van der Waals surface area contributed by atoms with Gasteiger partial charge in [-0.2, -0.15) is 5.01 Å². The Bertz CT molecular complexity index is 897. The number of carbonyl (C=O) groups excluding carboxylic acids is 4. The van der Waals surface area contributed by atoms with Crippen LogP contribution in [0.3, 0.4) is 0 Å². The fourth-order valence-electron chi connectivity index (χ4n) is 3.96. The summed E-state index contributed by atoms with van der Waals surface area (Å²) in [4.78, 5) is 51.7. The second-order valence-electron chi connectivity index (χ2n) is 8.32. The Balaban J connectivity index is 1.55. The van der Waals surface area contributed by atoms with Gasteiger partial charge < -0.3 is 10.6 Å². The molecule has 1 aromatic rings. The molecule has 174 valence electrons. The smallest absolute Gasteiger partial charge is 0.322 e. The van der Waals surface area contributed by atoms with Crippen LogP contribution in [0.5, 0.6) is 0 Å². The number of hydrogen-bond donors (Lipinski definition) is 3. The van der Waals surface area contributed by atoms with Crippen LogP contribution in [0.2, 0.25) is 10.0 Å². The Morgan fingerprint density at radius 3 is 2.34 bits per heavy atom. The molecule has 0 atom stereocenters. The summed E-state index contributed by atoms with van der Waals surface area (Å²) in [6.07, 6.45) is 2.78. The molecule has 1 aliphatic heterocycles. The number of nitrogens with one attached hydrogen (secondary N) is 3. The fourth-order valence-corrected chi connectivity index (χ4v) is 4.45. The number of para-hydroxylation sites is 1. The van der Waals surface area contributed by atoms with Crippen molar-refractivity contribution in [2.24, 2.45) is 5.92 Å². The molecule has 1 spiro atoms. The van der Waals surface area contributed by atoms with E-state index in [-0.39, 0.29) is 13.1 Å². The van der Waals surface area contributed by atoms with Crippen LogP contribution in [0, 0.1) is 5.92 Å². The van der Waals surface area contributed by atoms with Crippen molar-refractivity contribution >= 4 is 52.6 Å². The van der Waals surface area contributed by atoms with E-state index in [1.54, 1.807) is 30.0 Å². The average molecular weight is 484 g/mol. The quantitative estimate of drug-likeness (QED) is 0.516. The first kappa shape index (κ1) is 24.3. The van der Waals surface area contributed by atoms with Gasteiger partial charge in [0.15, 0.2) is 0 Å². The molecule has 1 aromatic carbocycles. The normalized spacial score (nSPS) is 22.9. The number of rotatable bonds is 7. The monoisotopic (exact) mass is 483 g/mol. The van der Waals surface area contributed by atoms with E-state index >= 15 is 0 Å². The van der Waals surface area contributed by atoms with Crippen LogP contribution < -0.4 is 16.1 Å². The zero-order chi connectivity index (χ0) is 23.5. The molecular formula is C21H27Cl2N5O4. The van der Waals surface area contributed by atoms with E-state index in [2.05, 4.69) is 23.0 Å². The highest BCUT2D eigenvalue weighted by molar-refractivity contribution is 6.39. The molecule has 0 aromatic heterocycles. The first-order valence-electron chi connectivity index (χ1n) is 10.6. The molecule has 0 bridgehead atoms. The highest BCUT2D eigenvalue weighted by Gasteiger charge is 2.52. The largest absolute Gasteiger partial charge is 0.344 e. The Labute approximate surface area is 196 Å². The number of amides is 5. The lowest BCUT2D eigenvalue weighted by Crippen LogP contribution is -2.53. The number of carbonyl (C=O) groups is 4. The molecule has 0 unspecified atom stereocenters. The summed E-state index contributed by atoms with van der Waals surface area (Å²) in [5.41, 5.74) is 1.75. The molecule has 1 heterocycles. The summed E-state index contributed by atoms with van der Waals surface area (Å²) in [7, 11) is 0. The molecule has 11 heteroatoms. The van der Waals surface area contributed by atoms with Gasteiger partial charge in [0.25, 0.3) is 11.8 Å². The third kappa shape index (κ3) is 5.33. The van der Waals surface area contributed by atoms with E-state index in [0.717, 1.165) is 17.9 Å². The standard InChI is InChI=1S/C21H27Cl2N5O4/c1-3-27(11-16(29)24-18-14(22)5-4-6-15(18)23)12-17(30)26-28-19(31)21(25-20(28)32)9-7-13(2)8-10-21/h4-6,13H,3,7-12H2,1-2H3,(H,24,29)(H,25,32)(H,26,30). The van der Waals surface area contributed by atoms with Gasteiger partial charge >= 0.3 is 6.03 Å². The lowest BCUT2D eigenvalue weighted by molar-refractivity contribution is -0.140. The van der Waals surface area contributed by atoms with E-state index in [1.807, 2.05) is 0 Å². The maximum absolute atomic E-state index is 12.9. The van der Waals surface area contributed by atoms with E-state index in [9.17, 15) is 19.2 Å². The van der Waals surface area contributed by atoms with Crippen LogP contribution in [0.4, 0.5) is 10.5 Å². The number of likely N-dealkylation sites (N-methyl/N-ethyl adjacent to an activating group) is 1. The van der Waals surface area contributed by atoms with Gasteiger partial charge in [-0.25, -0.2) is 4.79 Å². The average Bonchev–Trinajstić information content (AvgIpc) is 2.96. The van der Waals surface area contributed by atoms with Crippen molar-refractivity contribution in [2.45, 2.75) is 45.1 Å². The molecule has 1 saturated heterocycles. The SMILES string of the molecule is CCN(CC(=O)Nc1c(Cl)cccc1Cl)CC(=O)NN1C(=O)NC2(CCC(C)CC2)C1=O. The molecule has 32 heavy (non-hydrogen) atoms. The Morgan fingerprint density at radius 1 is 1.16 bits per heavy atom. The van der Waals surface area contributed by atoms with Crippen molar-refractivity contribution in [2.75, 3.05) is 25.0 Å². The summed E-state index contributed by atoms with van der Waals surface area (Å²) < 4.78 is 0. The van der Waals surface area contributed by atoms with Crippen LogP contribution in [0.1, 0.15) is 39.5 Å². The van der Waals surface area contributed by atoms with Crippen LogP contribution in [-0.2, 0) is 14.4 Å². The van der Waals surface area contributed by atoms with E-state index < -0.39 is 29.3 Å². The van der Waals surface area contributed by atoms with Crippen molar-refractivity contribution in [3.8, 4) is 0 Å². The Hall–Kier alpha value is -2.36. The molecule has 3 rings (SSSR count). The van der Waals surface area contributed by atoms with Crippen molar-refractivity contribution in [3.05, 3.63) is 28.2 Å². The maximum atomic E-state index is 12.9. The van der Waals surface area contributed by atoms with Crippen molar-refractivity contribution in [1.29, 1.82) is 0 Å². The number of anilines is 1. The number of hydrogen-bond acceptors (Lipinski definition) is 5. The zero-order valence-electron chi connectivity index (χ0n) is 18.0. The summed E-state index contributed by atoms with van der Waals surface area (Å²) in [5, 5.41) is 6.76. The van der Waals surface area contributed by atoms with Gasteiger partial charge in [0.2, 0.25) is 5.91 Å². The van der Waals surface area contributed by atoms with Crippen molar-refractivity contribution in [1.82, 2.24) is 20.7 Å². The van der Waals surface area contributed by atoms with Crippen LogP contribution in [-0.4, -0.2) is 58.8 Å². The molecule has 1 aliphatic carbocycles. The van der Waals surface area contributed by atoms with E-state index in [4.69, 9.17) is 23.2 Å². The van der Waals surface area contributed by atoms with Gasteiger partial charge in [-0.3, -0.25) is 24.7 Å². The summed E-state index contributed by atoms with van der Waals surface area (Å²) in [6.45, 7) is 4.01. The predicted octanol–water partition coefficient (Wildman–Crippen LogP) is 2.79. The molecule has 2 aliphatic rings. The van der Waals surface area contributed by atoms with E-state index in [0.29, 0.717) is 41.0 Å². The molecule has 2 fully saturated rings. The van der Waals surface area contributed by atoms with Gasteiger partial charge in [0.05, 0.1) is 28.8 Å². The van der Waals surface area contributed by atoms with Gasteiger partial charge in [-0.05, 0) is 50.3 Å². The minimum atomic E-state index is -0.935. The minimum Gasteiger partial charge on any atom is -0.322 e. The first-order chi connectivity index (χ1) is 15.1. The van der Waals surface area contributed by atoms with Gasteiger partial charge in [-0.15, -0.1) is 0 Å². The second kappa shape index (κ2) is 10.1. The number of hydrazine groups is 1. The topological polar surface area (TPSA) is 111 Å². The predicted molar refractivity (Wildman–Crippen MR) is 121 cm³/mol. The maximum Gasteiger partial charge on any atom is 0.344 e. The van der Waals surface area contributed by atoms with Crippen LogP contribution in [0.15, 0.2) is 18.2 Å².